The molecule has 2 amide bonds. The van der Waals surface area contributed by atoms with Gasteiger partial charge in [-0.1, -0.05) is 40.0 Å². The summed E-state index contributed by atoms with van der Waals surface area (Å²) >= 11 is 0. The highest BCUT2D eigenvalue weighted by Gasteiger charge is 2.44. The van der Waals surface area contributed by atoms with E-state index < -0.39 is 5.54 Å². The Morgan fingerprint density at radius 1 is 1.05 bits per heavy atom. The van der Waals surface area contributed by atoms with Crippen LogP contribution in [0, 0.1) is 11.8 Å². The van der Waals surface area contributed by atoms with Gasteiger partial charge in [0.05, 0.1) is 6.54 Å². The third-order valence-electron chi connectivity index (χ3n) is 5.64. The third-order valence-corrected chi connectivity index (χ3v) is 5.64. The molecule has 4 heteroatoms. The SMILES string of the molecule is CCC1CCC(CN2CC(=O)NC(CC)(CC)C2=O)CC1. The Morgan fingerprint density at radius 3 is 2.14 bits per heavy atom. The standard InChI is InChI=1S/C17H30N2O2/c1-4-13-7-9-14(10-8-13)11-19-12-15(20)18-17(5-2,6-3)16(19)21/h13-14H,4-12H2,1-3H3,(H,18,20). The third kappa shape index (κ3) is 3.41. The zero-order valence-electron chi connectivity index (χ0n) is 13.8. The lowest BCUT2D eigenvalue weighted by atomic mass is 9.80. The lowest BCUT2D eigenvalue weighted by Crippen LogP contribution is -2.66. The predicted octanol–water partition coefficient (Wildman–Crippen LogP) is 2.72. The molecule has 2 rings (SSSR count). The van der Waals surface area contributed by atoms with E-state index in [0.29, 0.717) is 18.8 Å². The molecule has 4 nitrogen and oxygen atoms in total. The van der Waals surface area contributed by atoms with Crippen LogP contribution in [0.15, 0.2) is 0 Å². The molecule has 0 aromatic carbocycles. The molecule has 1 N–H and O–H groups in total. The summed E-state index contributed by atoms with van der Waals surface area (Å²) in [5.41, 5.74) is -0.657. The monoisotopic (exact) mass is 294 g/mol. The molecule has 0 aromatic heterocycles. The van der Waals surface area contributed by atoms with E-state index in [2.05, 4.69) is 12.2 Å². The van der Waals surface area contributed by atoms with Gasteiger partial charge in [0.25, 0.3) is 0 Å². The first kappa shape index (κ1) is 16.3. The van der Waals surface area contributed by atoms with Gasteiger partial charge in [0.1, 0.15) is 5.54 Å². The number of rotatable bonds is 5. The maximum atomic E-state index is 12.8. The molecule has 1 aliphatic carbocycles. The van der Waals surface area contributed by atoms with Crippen molar-refractivity contribution in [1.29, 1.82) is 0 Å². The lowest BCUT2D eigenvalue weighted by Gasteiger charge is -2.43. The van der Waals surface area contributed by atoms with Crippen LogP contribution in [0.3, 0.4) is 0 Å². The fourth-order valence-electron chi connectivity index (χ4n) is 3.92. The zero-order chi connectivity index (χ0) is 15.5. The van der Waals surface area contributed by atoms with E-state index in [1.165, 1.54) is 32.1 Å². The number of hydrogen-bond donors (Lipinski definition) is 1. The van der Waals surface area contributed by atoms with Crippen molar-refractivity contribution in [3.05, 3.63) is 0 Å². The second-order valence-electron chi connectivity index (χ2n) is 6.82. The highest BCUT2D eigenvalue weighted by atomic mass is 16.2. The average molecular weight is 294 g/mol. The summed E-state index contributed by atoms with van der Waals surface area (Å²) < 4.78 is 0. The Morgan fingerprint density at radius 2 is 1.62 bits per heavy atom. The van der Waals surface area contributed by atoms with Gasteiger partial charge in [-0.15, -0.1) is 0 Å². The van der Waals surface area contributed by atoms with Crippen LogP contribution in [-0.4, -0.2) is 35.3 Å². The van der Waals surface area contributed by atoms with Gasteiger partial charge in [0.2, 0.25) is 11.8 Å². The molecule has 1 saturated heterocycles. The highest BCUT2D eigenvalue weighted by Crippen LogP contribution is 2.32. The van der Waals surface area contributed by atoms with Crippen molar-refractivity contribution in [2.24, 2.45) is 11.8 Å². The van der Waals surface area contributed by atoms with Crippen molar-refractivity contribution >= 4 is 11.8 Å². The Balaban J connectivity index is 1.99. The summed E-state index contributed by atoms with van der Waals surface area (Å²) in [7, 11) is 0. The van der Waals surface area contributed by atoms with Gasteiger partial charge in [-0.05, 0) is 37.5 Å². The van der Waals surface area contributed by atoms with Crippen molar-refractivity contribution in [1.82, 2.24) is 10.2 Å². The van der Waals surface area contributed by atoms with Crippen molar-refractivity contribution in [2.75, 3.05) is 13.1 Å². The largest absolute Gasteiger partial charge is 0.340 e. The molecule has 1 saturated carbocycles. The first-order valence-electron chi connectivity index (χ1n) is 8.65. The van der Waals surface area contributed by atoms with Crippen LogP contribution in [0.25, 0.3) is 0 Å². The minimum Gasteiger partial charge on any atom is -0.340 e. The van der Waals surface area contributed by atoms with E-state index in [-0.39, 0.29) is 18.4 Å². The number of carbonyl (C=O) groups excluding carboxylic acids is 2. The smallest absolute Gasteiger partial charge is 0.248 e. The molecule has 0 radical (unpaired) electrons. The first-order chi connectivity index (χ1) is 10.0. The van der Waals surface area contributed by atoms with Crippen molar-refractivity contribution in [3.63, 3.8) is 0 Å². The molecule has 0 atom stereocenters. The summed E-state index contributed by atoms with van der Waals surface area (Å²) in [6.45, 7) is 7.24. The number of amides is 2. The Kier molecular flexibility index (Phi) is 5.28. The summed E-state index contributed by atoms with van der Waals surface area (Å²) in [6.07, 6.45) is 7.58. The van der Waals surface area contributed by atoms with Crippen molar-refractivity contribution in [3.8, 4) is 0 Å². The summed E-state index contributed by atoms with van der Waals surface area (Å²) in [6, 6.07) is 0. The van der Waals surface area contributed by atoms with E-state index in [1.54, 1.807) is 0 Å². The summed E-state index contributed by atoms with van der Waals surface area (Å²) in [5.74, 6) is 1.58. The summed E-state index contributed by atoms with van der Waals surface area (Å²) in [5, 5.41) is 2.93. The van der Waals surface area contributed by atoms with E-state index in [1.807, 2.05) is 18.7 Å². The first-order valence-corrected chi connectivity index (χ1v) is 8.65. The minimum atomic E-state index is -0.657. The highest BCUT2D eigenvalue weighted by molar-refractivity contribution is 5.97. The molecule has 2 fully saturated rings. The number of hydrogen-bond acceptors (Lipinski definition) is 2. The average Bonchev–Trinajstić information content (AvgIpc) is 2.51. The van der Waals surface area contributed by atoms with Gasteiger partial charge in [-0.2, -0.15) is 0 Å². The van der Waals surface area contributed by atoms with Gasteiger partial charge in [-0.25, -0.2) is 0 Å². The molecule has 0 bridgehead atoms. The second kappa shape index (κ2) is 6.80. The molecule has 0 unspecified atom stereocenters. The normalized spacial score (nSPS) is 29.4. The van der Waals surface area contributed by atoms with E-state index in [4.69, 9.17) is 0 Å². The van der Waals surface area contributed by atoms with Crippen molar-refractivity contribution in [2.45, 2.75) is 71.3 Å². The van der Waals surface area contributed by atoms with Crippen LogP contribution in [0.4, 0.5) is 0 Å². The Bertz CT molecular complexity index is 382. The van der Waals surface area contributed by atoms with Gasteiger partial charge in [0.15, 0.2) is 0 Å². The predicted molar refractivity (Wildman–Crippen MR) is 83.8 cm³/mol. The molecule has 0 spiro atoms. The maximum absolute atomic E-state index is 12.8. The van der Waals surface area contributed by atoms with Crippen LogP contribution in [-0.2, 0) is 9.59 Å². The molecule has 1 aliphatic heterocycles. The second-order valence-corrected chi connectivity index (χ2v) is 6.82. The van der Waals surface area contributed by atoms with Crippen LogP contribution in [0.1, 0.15) is 65.7 Å². The Labute approximate surface area is 128 Å². The quantitative estimate of drug-likeness (QED) is 0.847. The maximum Gasteiger partial charge on any atom is 0.248 e. The van der Waals surface area contributed by atoms with Gasteiger partial charge >= 0.3 is 0 Å². The number of carbonyl (C=O) groups is 2. The van der Waals surface area contributed by atoms with Crippen LogP contribution in [0.2, 0.25) is 0 Å². The molecule has 1 heterocycles. The van der Waals surface area contributed by atoms with Crippen molar-refractivity contribution < 1.29 is 9.59 Å². The van der Waals surface area contributed by atoms with Gasteiger partial charge in [-0.3, -0.25) is 9.59 Å². The fraction of sp³-hybridized carbons (Fsp3) is 0.882. The van der Waals surface area contributed by atoms with Crippen LogP contribution in [0.5, 0.6) is 0 Å². The van der Waals surface area contributed by atoms with E-state index in [9.17, 15) is 9.59 Å². The number of nitrogens with zero attached hydrogens (tertiary/aromatic N) is 1. The van der Waals surface area contributed by atoms with Gasteiger partial charge in [0, 0.05) is 6.54 Å². The fourth-order valence-corrected chi connectivity index (χ4v) is 3.92. The molecule has 120 valence electrons. The number of nitrogens with one attached hydrogen (secondary N) is 1. The van der Waals surface area contributed by atoms with Gasteiger partial charge < -0.3 is 10.2 Å². The molecular formula is C17H30N2O2. The molecule has 2 aliphatic rings. The molecule has 21 heavy (non-hydrogen) atoms. The van der Waals surface area contributed by atoms with E-state index in [0.717, 1.165) is 12.5 Å². The molecule has 0 aromatic rings. The summed E-state index contributed by atoms with van der Waals surface area (Å²) in [4.78, 5) is 26.6. The topological polar surface area (TPSA) is 49.4 Å². The van der Waals surface area contributed by atoms with E-state index >= 15 is 0 Å². The lowest BCUT2D eigenvalue weighted by molar-refractivity contribution is -0.151. The minimum absolute atomic E-state index is 0.000504. The Hall–Kier alpha value is -1.06. The van der Waals surface area contributed by atoms with Crippen LogP contribution >= 0.6 is 0 Å². The number of piperazine rings is 1. The van der Waals surface area contributed by atoms with Crippen LogP contribution < -0.4 is 5.32 Å². The molecular weight excluding hydrogens is 264 g/mol. The zero-order valence-corrected chi connectivity index (χ0v) is 13.8.